The van der Waals surface area contributed by atoms with E-state index in [1.165, 1.54) is 12.8 Å². The molecule has 0 spiro atoms. The molecule has 0 aromatic heterocycles. The fraction of sp³-hybridized carbons (Fsp3) is 0.533. The van der Waals surface area contributed by atoms with Gasteiger partial charge in [-0.1, -0.05) is 0 Å². The van der Waals surface area contributed by atoms with Crippen molar-refractivity contribution in [2.24, 2.45) is 0 Å². The lowest BCUT2D eigenvalue weighted by atomic mass is 10.1. The van der Waals surface area contributed by atoms with Crippen molar-refractivity contribution < 1.29 is 9.53 Å². The van der Waals surface area contributed by atoms with Gasteiger partial charge >= 0.3 is 0 Å². The van der Waals surface area contributed by atoms with E-state index in [-0.39, 0.29) is 5.91 Å². The number of likely N-dealkylation sites (tertiary alicyclic amines) is 1. The Balaban J connectivity index is 1.62. The standard InChI is InChI=1S/C15H19NO2/c17-15(16-10-3-11-16)12-6-8-14(9-7-12)18-13-4-1-2-5-13/h6-9,13H,1-5,10-11H2. The lowest BCUT2D eigenvalue weighted by Gasteiger charge is -2.30. The number of hydrogen-bond donors (Lipinski definition) is 0. The van der Waals surface area contributed by atoms with Crippen LogP contribution in [0.3, 0.4) is 0 Å². The van der Waals surface area contributed by atoms with E-state index in [1.54, 1.807) is 0 Å². The zero-order chi connectivity index (χ0) is 12.4. The third-order valence-corrected chi connectivity index (χ3v) is 3.85. The molecular formula is C15H19NO2. The molecule has 1 saturated carbocycles. The quantitative estimate of drug-likeness (QED) is 0.819. The monoisotopic (exact) mass is 245 g/mol. The summed E-state index contributed by atoms with van der Waals surface area (Å²) in [7, 11) is 0. The minimum atomic E-state index is 0.147. The van der Waals surface area contributed by atoms with E-state index in [0.717, 1.165) is 43.7 Å². The Morgan fingerprint density at radius 1 is 1.06 bits per heavy atom. The van der Waals surface area contributed by atoms with Crippen LogP contribution in [0.2, 0.25) is 0 Å². The first-order valence-corrected chi connectivity index (χ1v) is 6.89. The molecule has 1 heterocycles. The number of hydrogen-bond acceptors (Lipinski definition) is 2. The predicted molar refractivity (Wildman–Crippen MR) is 69.8 cm³/mol. The van der Waals surface area contributed by atoms with Crippen LogP contribution in [0.15, 0.2) is 24.3 Å². The van der Waals surface area contributed by atoms with Gasteiger partial charge in [-0.05, 0) is 56.4 Å². The summed E-state index contributed by atoms with van der Waals surface area (Å²) in [6.07, 6.45) is 6.38. The van der Waals surface area contributed by atoms with Crippen LogP contribution < -0.4 is 4.74 Å². The second-order valence-corrected chi connectivity index (χ2v) is 5.19. The summed E-state index contributed by atoms with van der Waals surface area (Å²) in [4.78, 5) is 13.8. The third kappa shape index (κ3) is 2.35. The molecule has 18 heavy (non-hydrogen) atoms. The summed E-state index contributed by atoms with van der Waals surface area (Å²) in [5, 5.41) is 0. The molecule has 1 aliphatic carbocycles. The first-order valence-electron chi connectivity index (χ1n) is 6.89. The summed E-state index contributed by atoms with van der Waals surface area (Å²) in [6.45, 7) is 1.80. The number of nitrogens with zero attached hydrogens (tertiary/aromatic N) is 1. The van der Waals surface area contributed by atoms with Gasteiger partial charge in [0, 0.05) is 18.7 Å². The maximum absolute atomic E-state index is 12.0. The smallest absolute Gasteiger partial charge is 0.253 e. The molecular weight excluding hydrogens is 226 g/mol. The Labute approximate surface area is 108 Å². The largest absolute Gasteiger partial charge is 0.490 e. The molecule has 96 valence electrons. The zero-order valence-corrected chi connectivity index (χ0v) is 10.6. The van der Waals surface area contributed by atoms with E-state index in [1.807, 2.05) is 29.2 Å². The van der Waals surface area contributed by atoms with Crippen molar-refractivity contribution in [2.45, 2.75) is 38.2 Å². The minimum absolute atomic E-state index is 0.147. The van der Waals surface area contributed by atoms with Crippen LogP contribution >= 0.6 is 0 Å². The molecule has 1 saturated heterocycles. The van der Waals surface area contributed by atoms with Crippen molar-refractivity contribution in [2.75, 3.05) is 13.1 Å². The van der Waals surface area contributed by atoms with Crippen molar-refractivity contribution in [3.05, 3.63) is 29.8 Å². The second-order valence-electron chi connectivity index (χ2n) is 5.19. The van der Waals surface area contributed by atoms with E-state index < -0.39 is 0 Å². The number of ether oxygens (including phenoxy) is 1. The molecule has 1 aromatic rings. The molecule has 2 aliphatic rings. The Kier molecular flexibility index (Phi) is 3.22. The molecule has 1 amide bonds. The van der Waals surface area contributed by atoms with Crippen LogP contribution in [0.5, 0.6) is 5.75 Å². The van der Waals surface area contributed by atoms with E-state index in [4.69, 9.17) is 4.74 Å². The SMILES string of the molecule is O=C(c1ccc(OC2CCCC2)cc1)N1CCC1. The van der Waals surface area contributed by atoms with E-state index >= 15 is 0 Å². The van der Waals surface area contributed by atoms with Gasteiger partial charge in [-0.15, -0.1) is 0 Å². The number of carbonyl (C=O) groups is 1. The molecule has 0 unspecified atom stereocenters. The fourth-order valence-electron chi connectivity index (χ4n) is 2.58. The molecule has 0 N–H and O–H groups in total. The molecule has 1 aromatic carbocycles. The van der Waals surface area contributed by atoms with Gasteiger partial charge in [-0.3, -0.25) is 4.79 Å². The van der Waals surface area contributed by atoms with Crippen LogP contribution in [-0.4, -0.2) is 30.0 Å². The third-order valence-electron chi connectivity index (χ3n) is 3.85. The molecule has 3 heteroatoms. The minimum Gasteiger partial charge on any atom is -0.490 e. The molecule has 0 atom stereocenters. The highest BCUT2D eigenvalue weighted by molar-refractivity contribution is 5.94. The van der Waals surface area contributed by atoms with Gasteiger partial charge in [0.05, 0.1) is 6.10 Å². The number of carbonyl (C=O) groups excluding carboxylic acids is 1. The summed E-state index contributed by atoms with van der Waals surface area (Å²) in [5.41, 5.74) is 0.772. The van der Waals surface area contributed by atoms with Crippen molar-refractivity contribution in [1.29, 1.82) is 0 Å². The predicted octanol–water partition coefficient (Wildman–Crippen LogP) is 2.85. The van der Waals surface area contributed by atoms with Crippen molar-refractivity contribution in [3.8, 4) is 5.75 Å². The number of amides is 1. The van der Waals surface area contributed by atoms with Crippen LogP contribution in [0, 0.1) is 0 Å². The first kappa shape index (κ1) is 11.6. The lowest BCUT2D eigenvalue weighted by Crippen LogP contribution is -2.41. The van der Waals surface area contributed by atoms with Crippen LogP contribution in [-0.2, 0) is 0 Å². The van der Waals surface area contributed by atoms with Gasteiger partial charge < -0.3 is 9.64 Å². The zero-order valence-electron chi connectivity index (χ0n) is 10.6. The topological polar surface area (TPSA) is 29.5 Å². The molecule has 3 nitrogen and oxygen atoms in total. The van der Waals surface area contributed by atoms with Crippen LogP contribution in [0.25, 0.3) is 0 Å². The highest BCUT2D eigenvalue weighted by Gasteiger charge is 2.21. The van der Waals surface area contributed by atoms with Crippen LogP contribution in [0.1, 0.15) is 42.5 Å². The molecule has 3 rings (SSSR count). The van der Waals surface area contributed by atoms with E-state index in [0.29, 0.717) is 6.10 Å². The van der Waals surface area contributed by atoms with Crippen LogP contribution in [0.4, 0.5) is 0 Å². The van der Waals surface area contributed by atoms with Crippen molar-refractivity contribution >= 4 is 5.91 Å². The summed E-state index contributed by atoms with van der Waals surface area (Å²) >= 11 is 0. The van der Waals surface area contributed by atoms with Gasteiger partial charge in [0.25, 0.3) is 5.91 Å². The maximum atomic E-state index is 12.0. The Morgan fingerprint density at radius 3 is 2.28 bits per heavy atom. The molecule has 1 aliphatic heterocycles. The maximum Gasteiger partial charge on any atom is 0.253 e. The summed E-state index contributed by atoms with van der Waals surface area (Å²) < 4.78 is 5.89. The average molecular weight is 245 g/mol. The highest BCUT2D eigenvalue weighted by Crippen LogP contribution is 2.24. The first-order chi connectivity index (χ1) is 8.83. The van der Waals surface area contributed by atoms with Gasteiger partial charge in [0.2, 0.25) is 0 Å². The fourth-order valence-corrected chi connectivity index (χ4v) is 2.58. The van der Waals surface area contributed by atoms with Gasteiger partial charge in [-0.2, -0.15) is 0 Å². The highest BCUT2D eigenvalue weighted by atomic mass is 16.5. The van der Waals surface area contributed by atoms with E-state index in [2.05, 4.69) is 0 Å². The Morgan fingerprint density at radius 2 is 1.72 bits per heavy atom. The number of rotatable bonds is 3. The Bertz CT molecular complexity index is 417. The van der Waals surface area contributed by atoms with Crippen molar-refractivity contribution in [3.63, 3.8) is 0 Å². The molecule has 0 bridgehead atoms. The molecule has 0 radical (unpaired) electrons. The average Bonchev–Trinajstić information content (AvgIpc) is 2.80. The lowest BCUT2D eigenvalue weighted by molar-refractivity contribution is 0.0652. The van der Waals surface area contributed by atoms with Crippen molar-refractivity contribution in [1.82, 2.24) is 4.90 Å². The molecule has 2 fully saturated rings. The summed E-state index contributed by atoms with van der Waals surface area (Å²) in [5.74, 6) is 1.04. The Hall–Kier alpha value is -1.51. The van der Waals surface area contributed by atoms with Gasteiger partial charge in [0.15, 0.2) is 0 Å². The summed E-state index contributed by atoms with van der Waals surface area (Å²) in [6, 6.07) is 7.60. The van der Waals surface area contributed by atoms with Gasteiger partial charge in [-0.25, -0.2) is 0 Å². The normalized spacial score (nSPS) is 19.7. The van der Waals surface area contributed by atoms with E-state index in [9.17, 15) is 4.79 Å². The second kappa shape index (κ2) is 5.01. The van der Waals surface area contributed by atoms with Gasteiger partial charge in [0.1, 0.15) is 5.75 Å². The number of benzene rings is 1.